The molecule has 0 aromatic carbocycles. The third kappa shape index (κ3) is 9.75. The van der Waals surface area contributed by atoms with Crippen molar-refractivity contribution in [2.75, 3.05) is 33.5 Å². The highest BCUT2D eigenvalue weighted by molar-refractivity contribution is 7.52. The van der Waals surface area contributed by atoms with Gasteiger partial charge in [0, 0.05) is 33.3 Å². The van der Waals surface area contributed by atoms with E-state index in [0.29, 0.717) is 42.6 Å². The predicted octanol–water partition coefficient (Wildman–Crippen LogP) is 9.21. The average Bonchev–Trinajstić information content (AvgIpc) is 3.64. The number of unbranched alkanes of at least 4 members (excludes halogenated alkanes) is 2. The average molecular weight is 737 g/mol. The van der Waals surface area contributed by atoms with Gasteiger partial charge in [0.25, 0.3) is 0 Å². The van der Waals surface area contributed by atoms with Crippen LogP contribution in [0.3, 0.4) is 0 Å². The van der Waals surface area contributed by atoms with Crippen molar-refractivity contribution in [3.63, 3.8) is 0 Å². The first-order valence-electron chi connectivity index (χ1n) is 20.9. The van der Waals surface area contributed by atoms with Gasteiger partial charge in [-0.25, -0.2) is 4.79 Å². The SMILES string of the molecule is COP(C)(=O)OCC1CC(O)CN1C(=O)CCCCCNC(=O)O[C@H]1CC[C@@]2(C)C(CC[C@@H]3[C@@H]2CC[C@]2(C)C([C@H](C)CCCC(C)C)CC[C@@H]32)C1. The number of aliphatic hydroxyl groups excluding tert-OH is 1. The summed E-state index contributed by atoms with van der Waals surface area (Å²) < 4.78 is 28.4. The number of carbonyl (C=O) groups excluding carboxylic acids is 2. The van der Waals surface area contributed by atoms with E-state index in [9.17, 15) is 19.3 Å². The van der Waals surface area contributed by atoms with Crippen molar-refractivity contribution in [3.8, 4) is 0 Å². The summed E-state index contributed by atoms with van der Waals surface area (Å²) in [5, 5.41) is 13.1. The Morgan fingerprint density at radius 1 is 0.922 bits per heavy atom. The molecule has 5 unspecified atom stereocenters. The van der Waals surface area contributed by atoms with Crippen LogP contribution in [0.5, 0.6) is 0 Å². The molecule has 0 aromatic heterocycles. The van der Waals surface area contributed by atoms with Crippen LogP contribution in [0.25, 0.3) is 0 Å². The van der Waals surface area contributed by atoms with Gasteiger partial charge >= 0.3 is 13.7 Å². The number of β-amino-alcohol motifs (C(OH)–C–C–N with tert-alkyl or cyclic N) is 1. The Morgan fingerprint density at radius 3 is 2.41 bits per heavy atom. The van der Waals surface area contributed by atoms with Crippen LogP contribution in [0.2, 0.25) is 0 Å². The zero-order chi connectivity index (χ0) is 37.0. The third-order valence-corrected chi connectivity index (χ3v) is 16.3. The van der Waals surface area contributed by atoms with E-state index in [1.807, 2.05) is 0 Å². The first-order valence-corrected chi connectivity index (χ1v) is 22.9. The molecule has 0 spiro atoms. The summed E-state index contributed by atoms with van der Waals surface area (Å²) in [5.74, 6) is 5.77. The molecule has 5 rings (SSSR count). The standard InChI is InChI=1S/C41H73N2O7P/c1-28(2)12-11-13-29(3)35-17-18-36-34-16-15-30-24-33(19-21-40(30,4)37(34)20-22-41(35,36)5)50-39(46)42-23-10-8-9-14-38(45)43-26-32(44)25-31(43)27-49-51(7,47)48-6/h28-37,44H,8-27H2,1-7H3,(H,42,46)/t29-,30?,31?,32?,33+,34+,35?,36+,37+,40+,41-,51?/m1/s1. The Kier molecular flexibility index (Phi) is 14.1. The van der Waals surface area contributed by atoms with Crippen molar-refractivity contribution in [1.29, 1.82) is 0 Å². The van der Waals surface area contributed by atoms with E-state index in [1.54, 1.807) is 4.90 Å². The van der Waals surface area contributed by atoms with Gasteiger partial charge in [0.2, 0.25) is 5.91 Å². The van der Waals surface area contributed by atoms with Gasteiger partial charge in [0.15, 0.2) is 0 Å². The summed E-state index contributed by atoms with van der Waals surface area (Å²) in [6.07, 6.45) is 17.8. The summed E-state index contributed by atoms with van der Waals surface area (Å²) in [6, 6.07) is -0.309. The molecule has 0 bridgehead atoms. The van der Waals surface area contributed by atoms with E-state index in [1.165, 1.54) is 78.0 Å². The molecular formula is C41H73N2O7P. The second-order valence-electron chi connectivity index (χ2n) is 18.6. The summed E-state index contributed by atoms with van der Waals surface area (Å²) >= 11 is 0. The normalized spacial score (nSPS) is 38.0. The van der Waals surface area contributed by atoms with Crippen LogP contribution in [0.1, 0.15) is 144 Å². The van der Waals surface area contributed by atoms with Crippen molar-refractivity contribution in [2.24, 2.45) is 52.3 Å². The molecule has 2 amide bonds. The maximum atomic E-state index is 12.9. The third-order valence-electron chi connectivity index (χ3n) is 15.0. The molecule has 294 valence electrons. The van der Waals surface area contributed by atoms with Gasteiger partial charge in [-0.1, -0.05) is 60.3 Å². The first-order chi connectivity index (χ1) is 24.2. The lowest BCUT2D eigenvalue weighted by atomic mass is 9.44. The van der Waals surface area contributed by atoms with Crippen LogP contribution in [-0.4, -0.2) is 73.7 Å². The maximum Gasteiger partial charge on any atom is 0.407 e. The summed E-state index contributed by atoms with van der Waals surface area (Å²) in [4.78, 5) is 27.3. The van der Waals surface area contributed by atoms with Crippen LogP contribution in [0, 0.1) is 52.3 Å². The fourth-order valence-corrected chi connectivity index (χ4v) is 12.6. The number of nitrogens with one attached hydrogen (secondary N) is 1. The van der Waals surface area contributed by atoms with E-state index in [4.69, 9.17) is 13.8 Å². The molecule has 51 heavy (non-hydrogen) atoms. The van der Waals surface area contributed by atoms with Crippen LogP contribution in [0.4, 0.5) is 4.79 Å². The Morgan fingerprint density at radius 2 is 1.67 bits per heavy atom. The summed E-state index contributed by atoms with van der Waals surface area (Å²) in [7, 11) is -1.82. The molecule has 1 heterocycles. The molecule has 12 atom stereocenters. The van der Waals surface area contributed by atoms with Crippen LogP contribution < -0.4 is 5.32 Å². The highest BCUT2D eigenvalue weighted by Gasteiger charge is 2.60. The number of hydrogen-bond donors (Lipinski definition) is 2. The van der Waals surface area contributed by atoms with Gasteiger partial charge < -0.3 is 29.1 Å². The van der Waals surface area contributed by atoms with Gasteiger partial charge in [0.1, 0.15) is 6.10 Å². The van der Waals surface area contributed by atoms with Crippen molar-refractivity contribution >= 4 is 19.6 Å². The van der Waals surface area contributed by atoms with Crippen molar-refractivity contribution in [1.82, 2.24) is 10.2 Å². The molecule has 0 aromatic rings. The number of alkyl carbamates (subject to hydrolysis) is 1. The number of rotatable bonds is 16. The van der Waals surface area contributed by atoms with Crippen molar-refractivity contribution in [2.45, 2.75) is 162 Å². The molecule has 1 saturated heterocycles. The zero-order valence-electron chi connectivity index (χ0n) is 33.2. The maximum absolute atomic E-state index is 12.9. The lowest BCUT2D eigenvalue weighted by Crippen LogP contribution is -2.54. The molecule has 2 N–H and O–H groups in total. The molecule has 0 radical (unpaired) electrons. The minimum Gasteiger partial charge on any atom is -0.446 e. The van der Waals surface area contributed by atoms with Gasteiger partial charge in [0.05, 0.1) is 18.8 Å². The highest BCUT2D eigenvalue weighted by Crippen LogP contribution is 2.68. The quantitative estimate of drug-likeness (QED) is 0.120. The van der Waals surface area contributed by atoms with Crippen LogP contribution in [0.15, 0.2) is 0 Å². The molecule has 5 aliphatic rings. The van der Waals surface area contributed by atoms with E-state index in [-0.39, 0.29) is 37.3 Å². The smallest absolute Gasteiger partial charge is 0.407 e. The molecule has 4 aliphatic carbocycles. The monoisotopic (exact) mass is 737 g/mol. The van der Waals surface area contributed by atoms with E-state index >= 15 is 0 Å². The zero-order valence-corrected chi connectivity index (χ0v) is 34.1. The largest absolute Gasteiger partial charge is 0.446 e. The van der Waals surface area contributed by atoms with Crippen molar-refractivity contribution in [3.05, 3.63) is 0 Å². The number of likely N-dealkylation sites (tertiary alicyclic amines) is 1. The predicted molar refractivity (Wildman–Crippen MR) is 202 cm³/mol. The summed E-state index contributed by atoms with van der Waals surface area (Å²) in [5.41, 5.74) is 0.903. The minimum atomic E-state index is -3.15. The van der Waals surface area contributed by atoms with Crippen LogP contribution in [-0.2, 0) is 23.1 Å². The van der Waals surface area contributed by atoms with Crippen LogP contribution >= 0.6 is 7.60 Å². The Balaban J connectivity index is 0.997. The van der Waals surface area contributed by atoms with E-state index in [0.717, 1.165) is 61.2 Å². The molecule has 10 heteroatoms. The topological polar surface area (TPSA) is 114 Å². The number of carbonyl (C=O) groups is 2. The molecule has 9 nitrogen and oxygen atoms in total. The number of nitrogens with zero attached hydrogens (tertiary/aromatic N) is 1. The number of amides is 2. The lowest BCUT2D eigenvalue weighted by molar-refractivity contribution is -0.133. The second kappa shape index (κ2) is 17.5. The fraction of sp³-hybridized carbons (Fsp3) is 0.951. The van der Waals surface area contributed by atoms with Gasteiger partial charge in [-0.05, 0) is 129 Å². The molecule has 4 saturated carbocycles. The number of aliphatic hydroxyl groups is 1. The Bertz CT molecular complexity index is 1220. The first kappa shape index (κ1) is 41.0. The Hall–Kier alpha value is -1.15. The molecule has 1 aliphatic heterocycles. The van der Waals surface area contributed by atoms with E-state index in [2.05, 4.69) is 39.9 Å². The molecular weight excluding hydrogens is 663 g/mol. The molecule has 5 fully saturated rings. The number of ether oxygens (including phenoxy) is 1. The summed E-state index contributed by atoms with van der Waals surface area (Å²) in [6.45, 7) is 14.8. The Labute approximate surface area is 310 Å². The number of fused-ring (bicyclic) bond motifs is 5. The second-order valence-corrected chi connectivity index (χ2v) is 20.7. The lowest BCUT2D eigenvalue weighted by Gasteiger charge is -2.61. The van der Waals surface area contributed by atoms with Gasteiger partial charge in [-0.3, -0.25) is 9.36 Å². The highest BCUT2D eigenvalue weighted by atomic mass is 31.2. The number of hydrogen-bond acceptors (Lipinski definition) is 7. The van der Waals surface area contributed by atoms with Gasteiger partial charge in [-0.15, -0.1) is 0 Å². The van der Waals surface area contributed by atoms with Gasteiger partial charge in [-0.2, -0.15) is 0 Å². The van der Waals surface area contributed by atoms with Crippen molar-refractivity contribution < 1.29 is 33.0 Å². The van der Waals surface area contributed by atoms with E-state index < -0.39 is 13.7 Å². The minimum absolute atomic E-state index is 0.00638. The fourth-order valence-electron chi connectivity index (χ4n) is 12.1.